The van der Waals surface area contributed by atoms with Crippen molar-refractivity contribution in [2.45, 2.75) is 13.3 Å². The normalized spacial score (nSPS) is 11.3. The molecule has 1 aromatic heterocycles. The predicted molar refractivity (Wildman–Crippen MR) is 59.1 cm³/mol. The Morgan fingerprint density at radius 1 is 1.27 bits per heavy atom. The van der Waals surface area contributed by atoms with Crippen LogP contribution in [0.3, 0.4) is 0 Å². The van der Waals surface area contributed by atoms with Crippen LogP contribution < -0.4 is 0 Å². The number of nitrogens with zero attached hydrogens (tertiary/aromatic N) is 1. The lowest BCUT2D eigenvalue weighted by atomic mass is 10.1. The molecular formula is C11H8BrF2N. The Balaban J connectivity index is 2.73. The summed E-state index contributed by atoms with van der Waals surface area (Å²) in [6, 6.07) is 6.84. The lowest BCUT2D eigenvalue weighted by Gasteiger charge is -2.05. The Labute approximate surface area is 94.3 Å². The van der Waals surface area contributed by atoms with E-state index in [2.05, 4.69) is 20.9 Å². The molecule has 4 heteroatoms. The highest BCUT2D eigenvalue weighted by Gasteiger charge is 2.11. The van der Waals surface area contributed by atoms with Crippen LogP contribution in [0.5, 0.6) is 0 Å². The van der Waals surface area contributed by atoms with Gasteiger partial charge in [-0.25, -0.2) is 13.8 Å². The first-order valence-electron chi connectivity index (χ1n) is 4.43. The van der Waals surface area contributed by atoms with Crippen molar-refractivity contribution in [1.29, 1.82) is 0 Å². The fourth-order valence-electron chi connectivity index (χ4n) is 1.50. The molecule has 0 aliphatic heterocycles. The van der Waals surface area contributed by atoms with Crippen LogP contribution in [0.1, 0.15) is 17.7 Å². The van der Waals surface area contributed by atoms with Gasteiger partial charge in [0.15, 0.2) is 0 Å². The first-order valence-corrected chi connectivity index (χ1v) is 5.22. The molecule has 0 amide bonds. The number of alkyl halides is 2. The molecule has 1 aromatic carbocycles. The van der Waals surface area contributed by atoms with Crippen molar-refractivity contribution in [3.63, 3.8) is 0 Å². The topological polar surface area (TPSA) is 12.9 Å². The fraction of sp³-hybridized carbons (Fsp3) is 0.182. The Kier molecular flexibility index (Phi) is 2.69. The van der Waals surface area contributed by atoms with Crippen molar-refractivity contribution in [2.24, 2.45) is 0 Å². The van der Waals surface area contributed by atoms with E-state index >= 15 is 0 Å². The number of benzene rings is 1. The Bertz CT molecular complexity index is 511. The number of aryl methyl sites for hydroxylation is 1. The summed E-state index contributed by atoms with van der Waals surface area (Å²) in [5.41, 5.74) is 1.26. The third-order valence-electron chi connectivity index (χ3n) is 2.22. The van der Waals surface area contributed by atoms with Gasteiger partial charge >= 0.3 is 0 Å². The zero-order valence-corrected chi connectivity index (χ0v) is 9.55. The van der Waals surface area contributed by atoms with Gasteiger partial charge in [0, 0.05) is 9.86 Å². The summed E-state index contributed by atoms with van der Waals surface area (Å²) in [6.45, 7) is 1.81. The second-order valence-corrected chi connectivity index (χ2v) is 4.24. The summed E-state index contributed by atoms with van der Waals surface area (Å²) in [7, 11) is 0. The van der Waals surface area contributed by atoms with Crippen molar-refractivity contribution >= 4 is 26.8 Å². The molecule has 0 spiro atoms. The SMILES string of the molecule is Cc1cc(C(F)F)nc2ccc(Br)cc12. The summed E-state index contributed by atoms with van der Waals surface area (Å²) >= 11 is 3.34. The number of hydrogen-bond acceptors (Lipinski definition) is 1. The average molecular weight is 272 g/mol. The largest absolute Gasteiger partial charge is 0.280 e. The maximum absolute atomic E-state index is 12.5. The highest BCUT2D eigenvalue weighted by Crippen LogP contribution is 2.25. The molecule has 0 saturated carbocycles. The third kappa shape index (κ3) is 2.00. The van der Waals surface area contributed by atoms with Gasteiger partial charge in [-0.05, 0) is 36.8 Å². The fourth-order valence-corrected chi connectivity index (χ4v) is 1.87. The zero-order chi connectivity index (χ0) is 11.0. The maximum Gasteiger partial charge on any atom is 0.280 e. The number of fused-ring (bicyclic) bond motifs is 1. The van der Waals surface area contributed by atoms with Gasteiger partial charge in [-0.15, -0.1) is 0 Å². The predicted octanol–water partition coefficient (Wildman–Crippen LogP) is 4.24. The first-order chi connectivity index (χ1) is 7.08. The second-order valence-electron chi connectivity index (χ2n) is 3.33. The molecule has 15 heavy (non-hydrogen) atoms. The van der Waals surface area contributed by atoms with E-state index in [1.807, 2.05) is 13.0 Å². The van der Waals surface area contributed by atoms with E-state index in [4.69, 9.17) is 0 Å². The molecule has 0 fully saturated rings. The molecule has 0 atom stereocenters. The molecule has 0 aliphatic rings. The molecule has 0 N–H and O–H groups in total. The van der Waals surface area contributed by atoms with Crippen LogP contribution in [-0.2, 0) is 0 Å². The van der Waals surface area contributed by atoms with Crippen molar-refractivity contribution in [1.82, 2.24) is 4.98 Å². The number of aromatic nitrogens is 1. The minimum Gasteiger partial charge on any atom is -0.247 e. The molecule has 2 rings (SSSR count). The van der Waals surface area contributed by atoms with Crippen LogP contribution in [0.15, 0.2) is 28.7 Å². The Morgan fingerprint density at radius 2 is 2.00 bits per heavy atom. The first kappa shape index (κ1) is 10.5. The summed E-state index contributed by atoms with van der Waals surface area (Å²) in [4.78, 5) is 3.91. The minimum absolute atomic E-state index is 0.165. The molecule has 1 nitrogen and oxygen atoms in total. The van der Waals surface area contributed by atoms with Crippen LogP contribution in [0.4, 0.5) is 8.78 Å². The zero-order valence-electron chi connectivity index (χ0n) is 7.97. The highest BCUT2D eigenvalue weighted by atomic mass is 79.9. The van der Waals surface area contributed by atoms with Gasteiger partial charge in [0.05, 0.1) is 5.52 Å². The molecule has 1 heterocycles. The van der Waals surface area contributed by atoms with Crippen molar-refractivity contribution in [3.8, 4) is 0 Å². The molecule has 0 unspecified atom stereocenters. The summed E-state index contributed by atoms with van der Waals surface area (Å²) < 4.78 is 25.9. The van der Waals surface area contributed by atoms with Crippen molar-refractivity contribution in [3.05, 3.63) is 40.0 Å². The smallest absolute Gasteiger partial charge is 0.247 e. The maximum atomic E-state index is 12.5. The highest BCUT2D eigenvalue weighted by molar-refractivity contribution is 9.10. The van der Waals surface area contributed by atoms with Crippen LogP contribution >= 0.6 is 15.9 Å². The van der Waals surface area contributed by atoms with E-state index in [0.717, 1.165) is 15.4 Å². The second kappa shape index (κ2) is 3.85. The van der Waals surface area contributed by atoms with Crippen LogP contribution in [0.2, 0.25) is 0 Å². The van der Waals surface area contributed by atoms with Gasteiger partial charge in [-0.2, -0.15) is 0 Å². The molecule has 2 aromatic rings. The number of halogens is 3. The van der Waals surface area contributed by atoms with Crippen molar-refractivity contribution < 1.29 is 8.78 Å². The molecule has 0 bridgehead atoms. The monoisotopic (exact) mass is 271 g/mol. The average Bonchev–Trinajstić information content (AvgIpc) is 2.18. The van der Waals surface area contributed by atoms with E-state index in [-0.39, 0.29) is 5.69 Å². The van der Waals surface area contributed by atoms with E-state index < -0.39 is 6.43 Å². The number of rotatable bonds is 1. The molecule has 78 valence electrons. The van der Waals surface area contributed by atoms with Crippen LogP contribution in [0.25, 0.3) is 10.9 Å². The molecule has 0 saturated heterocycles. The van der Waals surface area contributed by atoms with E-state index in [0.29, 0.717) is 5.52 Å². The summed E-state index contributed by atoms with van der Waals surface area (Å²) in [5.74, 6) is 0. The third-order valence-corrected chi connectivity index (χ3v) is 2.71. The van der Waals surface area contributed by atoms with Crippen LogP contribution in [0, 0.1) is 6.92 Å². The molecule has 0 aliphatic carbocycles. The standard InChI is InChI=1S/C11H8BrF2N/c1-6-4-10(11(13)14)15-9-3-2-7(12)5-8(6)9/h2-5,11H,1H3. The summed E-state index contributed by atoms with van der Waals surface area (Å²) in [5, 5.41) is 0.897. The quantitative estimate of drug-likeness (QED) is 0.756. The number of hydrogen-bond donors (Lipinski definition) is 0. The van der Waals surface area contributed by atoms with E-state index in [1.165, 1.54) is 6.07 Å². The lowest BCUT2D eigenvalue weighted by molar-refractivity contribution is 0.146. The van der Waals surface area contributed by atoms with Crippen LogP contribution in [-0.4, -0.2) is 4.98 Å². The van der Waals surface area contributed by atoms with Gasteiger partial charge in [0.2, 0.25) is 0 Å². The Morgan fingerprint density at radius 3 is 2.67 bits per heavy atom. The van der Waals surface area contributed by atoms with Gasteiger partial charge in [-0.1, -0.05) is 15.9 Å². The van der Waals surface area contributed by atoms with Crippen molar-refractivity contribution in [2.75, 3.05) is 0 Å². The molecule has 0 radical (unpaired) electrons. The number of pyridine rings is 1. The van der Waals surface area contributed by atoms with Gasteiger partial charge < -0.3 is 0 Å². The van der Waals surface area contributed by atoms with E-state index in [1.54, 1.807) is 12.1 Å². The van der Waals surface area contributed by atoms with Gasteiger partial charge in [-0.3, -0.25) is 0 Å². The lowest BCUT2D eigenvalue weighted by Crippen LogP contribution is -1.93. The summed E-state index contributed by atoms with van der Waals surface area (Å²) in [6.07, 6.45) is -2.52. The van der Waals surface area contributed by atoms with E-state index in [9.17, 15) is 8.78 Å². The van der Waals surface area contributed by atoms with Gasteiger partial charge in [0.1, 0.15) is 5.69 Å². The molecular weight excluding hydrogens is 264 g/mol. The Hall–Kier alpha value is -1.03. The minimum atomic E-state index is -2.52. The van der Waals surface area contributed by atoms with Gasteiger partial charge in [0.25, 0.3) is 6.43 Å².